The fourth-order valence-corrected chi connectivity index (χ4v) is 2.24. The van der Waals surface area contributed by atoms with E-state index in [0.29, 0.717) is 25.3 Å². The second-order valence-electron chi connectivity index (χ2n) is 4.19. The maximum absolute atomic E-state index is 11.0. The normalized spacial score (nSPS) is 20.7. The molecule has 4 N–H and O–H groups in total. The molecule has 18 heavy (non-hydrogen) atoms. The van der Waals surface area contributed by atoms with Crippen molar-refractivity contribution in [3.05, 3.63) is 17.9 Å². The molecule has 0 spiro atoms. The second-order valence-corrected chi connectivity index (χ2v) is 5.68. The van der Waals surface area contributed by atoms with Gasteiger partial charge in [0.05, 0.1) is 6.54 Å². The molecule has 0 aromatic carbocycles. The van der Waals surface area contributed by atoms with Crippen molar-refractivity contribution >= 4 is 15.9 Å². The Balaban J connectivity index is 1.87. The van der Waals surface area contributed by atoms with Gasteiger partial charge in [-0.3, -0.25) is 4.79 Å². The lowest BCUT2D eigenvalue weighted by Gasteiger charge is -2.22. The second kappa shape index (κ2) is 5.09. The number of piperidine rings is 1. The Bertz CT molecular complexity index is 527. The van der Waals surface area contributed by atoms with Crippen LogP contribution in [0.4, 0.5) is 0 Å². The van der Waals surface area contributed by atoms with Crippen LogP contribution in [0.3, 0.4) is 0 Å². The Morgan fingerprint density at radius 2 is 2.28 bits per heavy atom. The van der Waals surface area contributed by atoms with Crippen LogP contribution in [0.2, 0.25) is 0 Å². The maximum Gasteiger partial charge on any atom is 0.271 e. The van der Waals surface area contributed by atoms with Crippen LogP contribution in [0, 0.1) is 0 Å². The number of carbonyl (C=O) groups is 1. The van der Waals surface area contributed by atoms with Gasteiger partial charge in [-0.05, 0) is 18.6 Å². The van der Waals surface area contributed by atoms with Gasteiger partial charge in [0.1, 0.15) is 5.76 Å². The molecule has 1 aromatic rings. The average Bonchev–Trinajstić information content (AvgIpc) is 2.77. The average molecular weight is 273 g/mol. The van der Waals surface area contributed by atoms with Gasteiger partial charge in [0.25, 0.3) is 10.0 Å². The van der Waals surface area contributed by atoms with Crippen molar-refractivity contribution in [2.45, 2.75) is 30.5 Å². The largest absolute Gasteiger partial charge is 0.447 e. The van der Waals surface area contributed by atoms with E-state index in [1.807, 2.05) is 0 Å². The highest BCUT2D eigenvalue weighted by atomic mass is 32.2. The summed E-state index contributed by atoms with van der Waals surface area (Å²) in [5.41, 5.74) is 0. The van der Waals surface area contributed by atoms with Crippen molar-refractivity contribution in [3.8, 4) is 0 Å². The standard InChI is InChI=1S/C10H15N3O4S/c11-18(15,16)10-4-2-8(17-10)6-12-7-1-3-9(14)13-5-7/h2,4,7,12H,1,3,5-6H2,(H,13,14)(H2,11,15,16). The summed E-state index contributed by atoms with van der Waals surface area (Å²) < 4.78 is 27.1. The van der Waals surface area contributed by atoms with Crippen molar-refractivity contribution in [1.82, 2.24) is 10.6 Å². The molecule has 1 unspecified atom stereocenters. The van der Waals surface area contributed by atoms with Crippen LogP contribution in [0.15, 0.2) is 21.6 Å². The predicted octanol–water partition coefficient (Wildman–Crippen LogP) is -0.705. The molecular formula is C10H15N3O4S. The van der Waals surface area contributed by atoms with Gasteiger partial charge < -0.3 is 15.1 Å². The summed E-state index contributed by atoms with van der Waals surface area (Å²) in [4.78, 5) is 11.0. The number of hydrogen-bond acceptors (Lipinski definition) is 5. The van der Waals surface area contributed by atoms with Crippen LogP contribution in [0.5, 0.6) is 0 Å². The van der Waals surface area contributed by atoms with Crippen LogP contribution < -0.4 is 15.8 Å². The summed E-state index contributed by atoms with van der Waals surface area (Å²) in [7, 11) is -3.78. The zero-order valence-corrected chi connectivity index (χ0v) is 10.5. The third-order valence-electron chi connectivity index (χ3n) is 2.75. The molecule has 0 radical (unpaired) electrons. The SMILES string of the molecule is NS(=O)(=O)c1ccc(CNC2CCC(=O)NC2)o1. The molecule has 1 aliphatic heterocycles. The van der Waals surface area contributed by atoms with E-state index >= 15 is 0 Å². The molecule has 0 bridgehead atoms. The van der Waals surface area contributed by atoms with Gasteiger partial charge in [0.2, 0.25) is 11.0 Å². The smallest absolute Gasteiger partial charge is 0.271 e. The zero-order chi connectivity index (χ0) is 13.2. The van der Waals surface area contributed by atoms with Crippen LogP contribution in [0.1, 0.15) is 18.6 Å². The van der Waals surface area contributed by atoms with E-state index in [-0.39, 0.29) is 17.0 Å². The summed E-state index contributed by atoms with van der Waals surface area (Å²) in [5.74, 6) is 0.554. The highest BCUT2D eigenvalue weighted by Gasteiger charge is 2.18. The maximum atomic E-state index is 11.0. The molecule has 1 aliphatic rings. The number of hydrogen-bond donors (Lipinski definition) is 3. The lowest BCUT2D eigenvalue weighted by Crippen LogP contribution is -2.45. The number of sulfonamides is 1. The third-order valence-corrected chi connectivity index (χ3v) is 3.53. The summed E-state index contributed by atoms with van der Waals surface area (Å²) in [5, 5.41) is 10.6. The molecule has 0 aliphatic carbocycles. The quantitative estimate of drug-likeness (QED) is 0.671. The van der Waals surface area contributed by atoms with E-state index in [9.17, 15) is 13.2 Å². The number of furan rings is 1. The topological polar surface area (TPSA) is 114 Å². The molecule has 7 nitrogen and oxygen atoms in total. The van der Waals surface area contributed by atoms with E-state index in [1.165, 1.54) is 6.07 Å². The van der Waals surface area contributed by atoms with Gasteiger partial charge in [-0.1, -0.05) is 0 Å². The Kier molecular flexibility index (Phi) is 3.69. The van der Waals surface area contributed by atoms with Crippen LogP contribution in [0.25, 0.3) is 0 Å². The minimum Gasteiger partial charge on any atom is -0.447 e. The first-order chi connectivity index (χ1) is 8.45. The molecule has 8 heteroatoms. The number of rotatable bonds is 4. The van der Waals surface area contributed by atoms with E-state index in [4.69, 9.17) is 9.56 Å². The molecule has 1 fully saturated rings. The van der Waals surface area contributed by atoms with Crippen molar-refractivity contribution in [1.29, 1.82) is 0 Å². The minimum absolute atomic E-state index is 0.0579. The van der Waals surface area contributed by atoms with Gasteiger partial charge in [-0.15, -0.1) is 0 Å². The molecule has 0 saturated carbocycles. The number of nitrogens with one attached hydrogen (secondary N) is 2. The molecular weight excluding hydrogens is 258 g/mol. The Morgan fingerprint density at radius 3 is 2.83 bits per heavy atom. The number of carbonyl (C=O) groups excluding carboxylic acids is 1. The number of amides is 1. The summed E-state index contributed by atoms with van der Waals surface area (Å²) in [6.07, 6.45) is 1.26. The molecule has 1 amide bonds. The van der Waals surface area contributed by atoms with Gasteiger partial charge in [-0.25, -0.2) is 13.6 Å². The summed E-state index contributed by atoms with van der Waals surface area (Å²) in [6.45, 7) is 0.970. The van der Waals surface area contributed by atoms with Crippen molar-refractivity contribution in [2.24, 2.45) is 5.14 Å². The van der Waals surface area contributed by atoms with Crippen molar-refractivity contribution in [3.63, 3.8) is 0 Å². The first-order valence-electron chi connectivity index (χ1n) is 5.57. The predicted molar refractivity (Wildman–Crippen MR) is 63.0 cm³/mol. The van der Waals surface area contributed by atoms with E-state index in [2.05, 4.69) is 10.6 Å². The van der Waals surface area contributed by atoms with E-state index in [0.717, 1.165) is 6.42 Å². The highest BCUT2D eigenvalue weighted by molar-refractivity contribution is 7.89. The molecule has 100 valence electrons. The van der Waals surface area contributed by atoms with E-state index in [1.54, 1.807) is 6.07 Å². The Hall–Kier alpha value is -1.38. The zero-order valence-electron chi connectivity index (χ0n) is 9.68. The fourth-order valence-electron chi connectivity index (χ4n) is 1.76. The minimum atomic E-state index is -3.78. The summed E-state index contributed by atoms with van der Waals surface area (Å²) >= 11 is 0. The lowest BCUT2D eigenvalue weighted by molar-refractivity contribution is -0.122. The van der Waals surface area contributed by atoms with Gasteiger partial charge in [-0.2, -0.15) is 0 Å². The molecule has 2 rings (SSSR count). The van der Waals surface area contributed by atoms with Crippen molar-refractivity contribution < 1.29 is 17.6 Å². The van der Waals surface area contributed by atoms with E-state index < -0.39 is 10.0 Å². The van der Waals surface area contributed by atoms with Crippen LogP contribution in [-0.4, -0.2) is 26.9 Å². The number of nitrogens with two attached hydrogens (primary N) is 1. The first kappa shape index (κ1) is 13.1. The van der Waals surface area contributed by atoms with Gasteiger partial charge >= 0.3 is 0 Å². The Morgan fingerprint density at radius 1 is 1.50 bits per heavy atom. The van der Waals surface area contributed by atoms with Gasteiger partial charge in [0, 0.05) is 19.0 Å². The van der Waals surface area contributed by atoms with Crippen molar-refractivity contribution in [2.75, 3.05) is 6.54 Å². The monoisotopic (exact) mass is 273 g/mol. The van der Waals surface area contributed by atoms with Crippen LogP contribution in [-0.2, 0) is 21.4 Å². The summed E-state index contributed by atoms with van der Waals surface area (Å²) in [6, 6.07) is 3.06. The third kappa shape index (κ3) is 3.31. The first-order valence-corrected chi connectivity index (χ1v) is 7.11. The van der Waals surface area contributed by atoms with Gasteiger partial charge in [0.15, 0.2) is 0 Å². The fraction of sp³-hybridized carbons (Fsp3) is 0.500. The lowest BCUT2D eigenvalue weighted by atomic mass is 10.1. The Labute approximate surface area is 105 Å². The molecule has 2 heterocycles. The number of primary sulfonamides is 1. The van der Waals surface area contributed by atoms with Crippen LogP contribution >= 0.6 is 0 Å². The molecule has 1 atom stereocenters. The molecule has 1 aromatic heterocycles. The highest BCUT2D eigenvalue weighted by Crippen LogP contribution is 2.12. The molecule has 1 saturated heterocycles.